The Bertz CT molecular complexity index is 651. The van der Waals surface area contributed by atoms with E-state index in [1.165, 1.54) is 0 Å². The molecule has 1 aliphatic rings. The first-order valence-electron chi connectivity index (χ1n) is 8.33. The molecular weight excluding hydrogens is 306 g/mol. The van der Waals surface area contributed by atoms with Gasteiger partial charge in [-0.3, -0.25) is 9.48 Å². The van der Waals surface area contributed by atoms with Gasteiger partial charge in [0, 0.05) is 30.6 Å². The minimum absolute atomic E-state index is 0.0196. The second kappa shape index (κ2) is 7.97. The van der Waals surface area contributed by atoms with Crippen molar-refractivity contribution in [3.63, 3.8) is 0 Å². The number of benzene rings is 1. The topological polar surface area (TPSA) is 65.4 Å². The Morgan fingerprint density at radius 3 is 3.17 bits per heavy atom. The van der Waals surface area contributed by atoms with Crippen LogP contribution in [0, 0.1) is 0 Å². The number of ether oxygens (including phenoxy) is 2. The first-order chi connectivity index (χ1) is 11.7. The molecule has 6 nitrogen and oxygen atoms in total. The lowest BCUT2D eigenvalue weighted by atomic mass is 10.2. The van der Waals surface area contributed by atoms with Gasteiger partial charge in [-0.2, -0.15) is 5.10 Å². The number of nitrogens with zero attached hydrogens (tertiary/aromatic N) is 2. The van der Waals surface area contributed by atoms with Crippen molar-refractivity contribution in [2.24, 2.45) is 0 Å². The molecule has 0 aliphatic carbocycles. The molecular formula is C18H23N3O3. The Morgan fingerprint density at radius 2 is 2.42 bits per heavy atom. The fourth-order valence-electron chi connectivity index (χ4n) is 2.73. The summed E-state index contributed by atoms with van der Waals surface area (Å²) in [6.07, 6.45) is 5.89. The number of hydrogen-bond donors (Lipinski definition) is 1. The van der Waals surface area contributed by atoms with E-state index in [4.69, 9.17) is 9.47 Å². The highest BCUT2D eigenvalue weighted by Gasteiger charge is 2.16. The summed E-state index contributed by atoms with van der Waals surface area (Å²) < 4.78 is 13.1. The SMILES string of the molecule is CC(Cn1cccn1)NC(=O)c1cccc(OCC2CCCO2)c1. The van der Waals surface area contributed by atoms with Gasteiger partial charge in [-0.1, -0.05) is 6.07 Å². The van der Waals surface area contributed by atoms with Crippen molar-refractivity contribution in [1.29, 1.82) is 0 Å². The van der Waals surface area contributed by atoms with Crippen LogP contribution in [0.4, 0.5) is 0 Å². The van der Waals surface area contributed by atoms with Crippen molar-refractivity contribution in [2.75, 3.05) is 13.2 Å². The van der Waals surface area contributed by atoms with Crippen LogP contribution in [0.5, 0.6) is 5.75 Å². The van der Waals surface area contributed by atoms with Gasteiger partial charge < -0.3 is 14.8 Å². The molecule has 3 rings (SSSR count). The van der Waals surface area contributed by atoms with Crippen LogP contribution in [0.1, 0.15) is 30.1 Å². The summed E-state index contributed by atoms with van der Waals surface area (Å²) in [7, 11) is 0. The van der Waals surface area contributed by atoms with Gasteiger partial charge in [-0.15, -0.1) is 0 Å². The average molecular weight is 329 g/mol. The van der Waals surface area contributed by atoms with Gasteiger partial charge in [-0.05, 0) is 44.0 Å². The maximum atomic E-state index is 12.4. The lowest BCUT2D eigenvalue weighted by Crippen LogP contribution is -2.35. The number of carbonyl (C=O) groups excluding carboxylic acids is 1. The number of amides is 1. The summed E-state index contributed by atoms with van der Waals surface area (Å²) in [6.45, 7) is 3.93. The first-order valence-corrected chi connectivity index (χ1v) is 8.33. The van der Waals surface area contributed by atoms with Crippen LogP contribution in [0.3, 0.4) is 0 Å². The zero-order valence-corrected chi connectivity index (χ0v) is 13.9. The second-order valence-corrected chi connectivity index (χ2v) is 6.08. The number of rotatable bonds is 7. The van der Waals surface area contributed by atoms with Gasteiger partial charge in [-0.25, -0.2) is 0 Å². The maximum Gasteiger partial charge on any atom is 0.251 e. The molecule has 1 fully saturated rings. The van der Waals surface area contributed by atoms with Crippen LogP contribution < -0.4 is 10.1 Å². The van der Waals surface area contributed by atoms with Crippen molar-refractivity contribution in [3.05, 3.63) is 48.3 Å². The predicted octanol–water partition coefficient (Wildman–Crippen LogP) is 2.26. The molecule has 1 aromatic heterocycles. The number of aromatic nitrogens is 2. The molecule has 6 heteroatoms. The third-order valence-corrected chi connectivity index (χ3v) is 3.95. The summed E-state index contributed by atoms with van der Waals surface area (Å²) in [5.74, 6) is 0.579. The summed E-state index contributed by atoms with van der Waals surface area (Å²) in [4.78, 5) is 12.4. The molecule has 24 heavy (non-hydrogen) atoms. The highest BCUT2D eigenvalue weighted by Crippen LogP contribution is 2.17. The number of hydrogen-bond acceptors (Lipinski definition) is 4. The van der Waals surface area contributed by atoms with Crippen molar-refractivity contribution in [2.45, 2.75) is 38.5 Å². The molecule has 0 saturated carbocycles. The van der Waals surface area contributed by atoms with Crippen molar-refractivity contribution < 1.29 is 14.3 Å². The Balaban J connectivity index is 1.53. The molecule has 2 unspecified atom stereocenters. The van der Waals surface area contributed by atoms with Gasteiger partial charge in [0.25, 0.3) is 5.91 Å². The minimum atomic E-state index is -0.114. The number of carbonyl (C=O) groups is 1. The predicted molar refractivity (Wildman–Crippen MR) is 90.1 cm³/mol. The molecule has 2 aromatic rings. The minimum Gasteiger partial charge on any atom is -0.491 e. The molecule has 1 saturated heterocycles. The molecule has 0 spiro atoms. The lowest BCUT2D eigenvalue weighted by Gasteiger charge is -2.15. The standard InChI is InChI=1S/C18H23N3O3/c1-14(12-21-9-4-8-19-21)20-18(22)15-5-2-6-16(11-15)24-13-17-7-3-10-23-17/h2,4-6,8-9,11,14,17H,3,7,10,12-13H2,1H3,(H,20,22). The highest BCUT2D eigenvalue weighted by atomic mass is 16.5. The normalized spacial score (nSPS) is 18.3. The lowest BCUT2D eigenvalue weighted by molar-refractivity contribution is 0.0679. The van der Waals surface area contributed by atoms with Crippen molar-refractivity contribution >= 4 is 5.91 Å². The van der Waals surface area contributed by atoms with Crippen molar-refractivity contribution in [1.82, 2.24) is 15.1 Å². The van der Waals surface area contributed by atoms with Gasteiger partial charge >= 0.3 is 0 Å². The quantitative estimate of drug-likeness (QED) is 0.846. The smallest absolute Gasteiger partial charge is 0.251 e. The fourth-order valence-corrected chi connectivity index (χ4v) is 2.73. The van der Waals surface area contributed by atoms with E-state index in [1.54, 1.807) is 23.0 Å². The van der Waals surface area contributed by atoms with Gasteiger partial charge in [0.15, 0.2) is 0 Å². The summed E-state index contributed by atoms with van der Waals surface area (Å²) in [5.41, 5.74) is 0.590. The third-order valence-electron chi connectivity index (χ3n) is 3.95. The molecule has 128 valence electrons. The van der Waals surface area contributed by atoms with Gasteiger partial charge in [0.2, 0.25) is 0 Å². The Labute approximate surface area is 141 Å². The van der Waals surface area contributed by atoms with Crippen LogP contribution in [-0.2, 0) is 11.3 Å². The average Bonchev–Trinajstić information content (AvgIpc) is 3.26. The molecule has 2 heterocycles. The third kappa shape index (κ3) is 4.58. The van der Waals surface area contributed by atoms with E-state index < -0.39 is 0 Å². The Morgan fingerprint density at radius 1 is 1.50 bits per heavy atom. The van der Waals surface area contributed by atoms with E-state index in [-0.39, 0.29) is 18.1 Å². The summed E-state index contributed by atoms with van der Waals surface area (Å²) in [5, 5.41) is 7.12. The highest BCUT2D eigenvalue weighted by molar-refractivity contribution is 5.94. The second-order valence-electron chi connectivity index (χ2n) is 6.08. The van der Waals surface area contributed by atoms with E-state index in [1.807, 2.05) is 31.3 Å². The van der Waals surface area contributed by atoms with E-state index in [9.17, 15) is 4.79 Å². The zero-order chi connectivity index (χ0) is 16.8. The van der Waals surface area contributed by atoms with Crippen molar-refractivity contribution in [3.8, 4) is 5.75 Å². The molecule has 1 amide bonds. The zero-order valence-electron chi connectivity index (χ0n) is 13.9. The van der Waals surface area contributed by atoms with E-state index in [0.717, 1.165) is 19.4 Å². The van der Waals surface area contributed by atoms with Crippen LogP contribution in [0.15, 0.2) is 42.7 Å². The van der Waals surface area contributed by atoms with Crippen LogP contribution in [0.25, 0.3) is 0 Å². The molecule has 0 bridgehead atoms. The summed E-state index contributed by atoms with van der Waals surface area (Å²) in [6, 6.07) is 9.09. The monoisotopic (exact) mass is 329 g/mol. The largest absolute Gasteiger partial charge is 0.491 e. The molecule has 0 radical (unpaired) electrons. The Hall–Kier alpha value is -2.34. The van der Waals surface area contributed by atoms with Crippen LogP contribution in [-0.4, -0.2) is 41.0 Å². The number of nitrogens with one attached hydrogen (secondary N) is 1. The van der Waals surface area contributed by atoms with Gasteiger partial charge in [0.1, 0.15) is 12.4 Å². The first kappa shape index (κ1) is 16.5. The summed E-state index contributed by atoms with van der Waals surface area (Å²) >= 11 is 0. The maximum absolute atomic E-state index is 12.4. The van der Waals surface area contributed by atoms with Gasteiger partial charge in [0.05, 0.1) is 12.6 Å². The van der Waals surface area contributed by atoms with E-state index in [0.29, 0.717) is 24.5 Å². The molecule has 1 N–H and O–H groups in total. The Kier molecular flexibility index (Phi) is 5.48. The molecule has 1 aromatic carbocycles. The van der Waals surface area contributed by atoms with Crippen LogP contribution >= 0.6 is 0 Å². The van der Waals surface area contributed by atoms with E-state index in [2.05, 4.69) is 10.4 Å². The van der Waals surface area contributed by atoms with E-state index >= 15 is 0 Å². The fraction of sp³-hybridized carbons (Fsp3) is 0.444. The van der Waals surface area contributed by atoms with Crippen LogP contribution in [0.2, 0.25) is 0 Å². The molecule has 2 atom stereocenters. The molecule has 1 aliphatic heterocycles.